The van der Waals surface area contributed by atoms with Crippen LogP contribution in [0, 0.1) is 0 Å². The van der Waals surface area contributed by atoms with Gasteiger partial charge in [-0.05, 0) is 45.4 Å². The molecule has 184 valence electrons. The fourth-order valence-corrected chi connectivity index (χ4v) is 3.76. The maximum atomic E-state index is 14.1. The molecule has 1 aliphatic heterocycles. The summed E-state index contributed by atoms with van der Waals surface area (Å²) in [5.74, 6) is -0.383. The number of rotatable bonds is 7. The summed E-state index contributed by atoms with van der Waals surface area (Å²) in [7, 11) is 0. The van der Waals surface area contributed by atoms with E-state index in [4.69, 9.17) is 4.52 Å². The summed E-state index contributed by atoms with van der Waals surface area (Å²) in [6, 6.07) is 8.89. The maximum Gasteiger partial charge on any atom is 0.254 e. The van der Waals surface area contributed by atoms with Crippen molar-refractivity contribution in [3.63, 3.8) is 0 Å². The van der Waals surface area contributed by atoms with Gasteiger partial charge >= 0.3 is 0 Å². The number of hydrogen-bond donors (Lipinski definition) is 1. The van der Waals surface area contributed by atoms with Crippen LogP contribution < -0.4 is 5.32 Å². The molecule has 1 aromatic carbocycles. The van der Waals surface area contributed by atoms with Gasteiger partial charge in [0.05, 0.1) is 0 Å². The minimum absolute atomic E-state index is 0.0654. The highest BCUT2D eigenvalue weighted by Crippen LogP contribution is 2.24. The maximum absolute atomic E-state index is 14.1. The van der Waals surface area contributed by atoms with Crippen LogP contribution in [-0.2, 0) is 4.79 Å². The Hall–Kier alpha value is -4.01. The molecule has 2 aromatic rings. The number of allylic oxidation sites excluding steroid dienone is 3. The van der Waals surface area contributed by atoms with Crippen LogP contribution in [0.15, 0.2) is 82.8 Å². The second kappa shape index (κ2) is 11.4. The van der Waals surface area contributed by atoms with Crippen LogP contribution in [0.4, 0.5) is 4.39 Å². The molecule has 1 unspecified atom stereocenters. The number of benzene rings is 1. The van der Waals surface area contributed by atoms with Gasteiger partial charge < -0.3 is 19.6 Å². The molecule has 1 aliphatic rings. The van der Waals surface area contributed by atoms with E-state index in [1.807, 2.05) is 25.1 Å². The molecular formula is C26H30FN5O3. The number of piperazine rings is 1. The Balaban J connectivity index is 1.72. The summed E-state index contributed by atoms with van der Waals surface area (Å²) < 4.78 is 18.9. The van der Waals surface area contributed by atoms with Crippen LogP contribution in [0.1, 0.15) is 43.9 Å². The van der Waals surface area contributed by atoms with E-state index in [9.17, 15) is 14.0 Å². The lowest BCUT2D eigenvalue weighted by atomic mass is 9.98. The normalized spacial score (nSPS) is 17.7. The van der Waals surface area contributed by atoms with Gasteiger partial charge in [-0.15, -0.1) is 0 Å². The largest absolute Gasteiger partial charge is 0.367 e. The predicted octanol–water partition coefficient (Wildman–Crippen LogP) is 4.10. The first kappa shape index (κ1) is 25.6. The molecule has 0 radical (unpaired) electrons. The smallest absolute Gasteiger partial charge is 0.254 e. The van der Waals surface area contributed by atoms with Gasteiger partial charge in [0.15, 0.2) is 5.82 Å². The van der Waals surface area contributed by atoms with E-state index in [1.165, 1.54) is 19.5 Å². The quantitative estimate of drug-likeness (QED) is 0.475. The SMILES string of the molecule is C=C(C(=O)N1CCN(C(=O)c2ccccc2)C(C)C1)C(=C/N/C=C(/C)c1ncon1)/C(C)=C(/C)F. The molecule has 9 heteroatoms. The average molecular weight is 480 g/mol. The van der Waals surface area contributed by atoms with Crippen molar-refractivity contribution in [2.24, 2.45) is 0 Å². The molecule has 1 aromatic heterocycles. The molecule has 0 saturated carbocycles. The summed E-state index contributed by atoms with van der Waals surface area (Å²) in [6.45, 7) is 11.7. The van der Waals surface area contributed by atoms with Crippen LogP contribution in [-0.4, -0.2) is 57.4 Å². The van der Waals surface area contributed by atoms with Crippen LogP contribution in [0.25, 0.3) is 5.57 Å². The summed E-state index contributed by atoms with van der Waals surface area (Å²) in [6.07, 6.45) is 4.38. The highest BCUT2D eigenvalue weighted by Gasteiger charge is 2.31. The number of nitrogens with zero attached hydrogens (tertiary/aromatic N) is 4. The molecular weight excluding hydrogens is 449 g/mol. The molecule has 8 nitrogen and oxygen atoms in total. The molecule has 0 spiro atoms. The van der Waals surface area contributed by atoms with Gasteiger partial charge in [0.25, 0.3) is 11.8 Å². The first-order chi connectivity index (χ1) is 16.7. The van der Waals surface area contributed by atoms with E-state index in [0.717, 1.165) is 0 Å². The molecule has 0 aliphatic carbocycles. The monoisotopic (exact) mass is 479 g/mol. The molecule has 1 saturated heterocycles. The number of carbonyl (C=O) groups excluding carboxylic acids is 2. The lowest BCUT2D eigenvalue weighted by Crippen LogP contribution is -2.55. The number of nitrogens with one attached hydrogen (secondary N) is 1. The number of amides is 2. The summed E-state index contributed by atoms with van der Waals surface area (Å²) in [5.41, 5.74) is 2.11. The number of aromatic nitrogens is 2. The molecule has 1 atom stereocenters. The van der Waals surface area contributed by atoms with Crippen molar-refractivity contribution in [3.05, 3.63) is 89.6 Å². The molecule has 1 N–H and O–H groups in total. The van der Waals surface area contributed by atoms with Crippen molar-refractivity contribution in [2.75, 3.05) is 19.6 Å². The first-order valence-corrected chi connectivity index (χ1v) is 11.3. The fourth-order valence-electron chi connectivity index (χ4n) is 3.76. The lowest BCUT2D eigenvalue weighted by molar-refractivity contribution is -0.129. The molecule has 2 heterocycles. The van der Waals surface area contributed by atoms with Gasteiger partial charge in [-0.2, -0.15) is 4.98 Å². The Morgan fingerprint density at radius 1 is 1.17 bits per heavy atom. The number of carbonyl (C=O) groups is 2. The van der Waals surface area contributed by atoms with Crippen LogP contribution in [0.5, 0.6) is 0 Å². The highest BCUT2D eigenvalue weighted by molar-refractivity contribution is 5.99. The van der Waals surface area contributed by atoms with Crippen molar-refractivity contribution in [3.8, 4) is 0 Å². The van der Waals surface area contributed by atoms with Gasteiger partial charge in [-0.25, -0.2) is 4.39 Å². The zero-order chi connectivity index (χ0) is 25.5. The van der Waals surface area contributed by atoms with Crippen molar-refractivity contribution in [1.29, 1.82) is 0 Å². The van der Waals surface area contributed by atoms with Gasteiger partial charge in [-0.1, -0.05) is 29.9 Å². The van der Waals surface area contributed by atoms with E-state index in [1.54, 1.807) is 42.0 Å². The van der Waals surface area contributed by atoms with Gasteiger partial charge in [0.2, 0.25) is 6.39 Å². The second-order valence-electron chi connectivity index (χ2n) is 8.41. The first-order valence-electron chi connectivity index (χ1n) is 11.3. The fraction of sp³-hybridized carbons (Fsp3) is 0.308. The van der Waals surface area contributed by atoms with Crippen LogP contribution in [0.3, 0.4) is 0 Å². The standard InChI is InChI=1S/C26H30FN5O3/c1-17(24-29-16-35-30-24)13-28-14-23(19(3)21(5)27)20(4)25(33)31-11-12-32(18(2)15-31)26(34)22-9-7-6-8-10-22/h6-10,13-14,16,18,28H,4,11-12,15H2,1-3,5H3/b17-13-,21-19-,23-14+. The predicted molar refractivity (Wildman–Crippen MR) is 131 cm³/mol. The topological polar surface area (TPSA) is 91.6 Å². The number of hydrogen-bond acceptors (Lipinski definition) is 6. The Morgan fingerprint density at radius 2 is 1.89 bits per heavy atom. The van der Waals surface area contributed by atoms with Crippen LogP contribution >= 0.6 is 0 Å². The molecule has 35 heavy (non-hydrogen) atoms. The third kappa shape index (κ3) is 6.11. The van der Waals surface area contributed by atoms with Gasteiger partial charge in [0.1, 0.15) is 5.83 Å². The zero-order valence-corrected chi connectivity index (χ0v) is 20.4. The minimum Gasteiger partial charge on any atom is -0.367 e. The molecule has 0 bridgehead atoms. The van der Waals surface area contributed by atoms with Crippen LogP contribution in [0.2, 0.25) is 0 Å². The van der Waals surface area contributed by atoms with Gasteiger partial charge in [0, 0.05) is 60.4 Å². The molecule has 3 rings (SSSR count). The minimum atomic E-state index is -0.419. The third-order valence-electron chi connectivity index (χ3n) is 5.94. The van der Waals surface area contributed by atoms with E-state index < -0.39 is 5.83 Å². The Kier molecular flexibility index (Phi) is 8.35. The third-order valence-corrected chi connectivity index (χ3v) is 5.94. The summed E-state index contributed by atoms with van der Waals surface area (Å²) in [4.78, 5) is 33.6. The van der Waals surface area contributed by atoms with E-state index in [-0.39, 0.29) is 23.4 Å². The van der Waals surface area contributed by atoms with Gasteiger partial charge in [-0.3, -0.25) is 9.59 Å². The molecule has 2 amide bonds. The van der Waals surface area contributed by atoms with E-state index in [2.05, 4.69) is 22.0 Å². The lowest BCUT2D eigenvalue weighted by Gasteiger charge is -2.40. The van der Waals surface area contributed by atoms with Crippen molar-refractivity contribution < 1.29 is 18.5 Å². The average Bonchev–Trinajstić information content (AvgIpc) is 3.40. The molecule has 1 fully saturated rings. The second-order valence-corrected chi connectivity index (χ2v) is 8.41. The summed E-state index contributed by atoms with van der Waals surface area (Å²) in [5, 5.41) is 6.72. The van der Waals surface area contributed by atoms with Crippen molar-refractivity contribution >= 4 is 17.4 Å². The summed E-state index contributed by atoms with van der Waals surface area (Å²) >= 11 is 0. The zero-order valence-electron chi connectivity index (χ0n) is 20.4. The number of halogens is 1. The Morgan fingerprint density at radius 3 is 2.49 bits per heavy atom. The Labute approximate surface area is 204 Å². The van der Waals surface area contributed by atoms with Crippen molar-refractivity contribution in [2.45, 2.75) is 33.7 Å². The Bertz CT molecular complexity index is 1160. The van der Waals surface area contributed by atoms with Crippen molar-refractivity contribution in [1.82, 2.24) is 25.3 Å². The van der Waals surface area contributed by atoms with E-state index >= 15 is 0 Å². The highest BCUT2D eigenvalue weighted by atomic mass is 19.1. The van der Waals surface area contributed by atoms with E-state index in [0.29, 0.717) is 47.7 Å².